The highest BCUT2D eigenvalue weighted by Gasteiger charge is 2.42. The van der Waals surface area contributed by atoms with Crippen LogP contribution in [0.2, 0.25) is 0 Å². The van der Waals surface area contributed by atoms with E-state index in [1.54, 1.807) is 0 Å². The smallest absolute Gasteiger partial charge is 0.393 e. The predicted molar refractivity (Wildman–Crippen MR) is 53.8 cm³/mol. The van der Waals surface area contributed by atoms with Crippen molar-refractivity contribution in [3.8, 4) is 0 Å². The van der Waals surface area contributed by atoms with E-state index < -0.39 is 29.3 Å². The second-order valence-electron chi connectivity index (χ2n) is 3.20. The Morgan fingerprint density at radius 2 is 2.25 bits per heavy atom. The summed E-state index contributed by atoms with van der Waals surface area (Å²) in [5.41, 5.74) is 4.34. The van der Waals surface area contributed by atoms with Crippen molar-refractivity contribution in [3.63, 3.8) is 0 Å². The highest BCUT2D eigenvalue weighted by Crippen LogP contribution is 2.27. The average Bonchev–Trinajstić information content (AvgIpc) is 2.42. The SMILES string of the molecule is Cn1cnn(CC(C(N)=S)C(F)(F)F)c1=O. The van der Waals surface area contributed by atoms with Crippen molar-refractivity contribution in [1.29, 1.82) is 0 Å². The van der Waals surface area contributed by atoms with Gasteiger partial charge in [0, 0.05) is 7.05 Å². The molecule has 5 nitrogen and oxygen atoms in total. The molecule has 9 heteroatoms. The Kier molecular flexibility index (Phi) is 3.36. The summed E-state index contributed by atoms with van der Waals surface area (Å²) in [6.45, 7) is -0.696. The number of aromatic nitrogens is 3. The second kappa shape index (κ2) is 4.24. The van der Waals surface area contributed by atoms with Crippen LogP contribution in [0.1, 0.15) is 0 Å². The van der Waals surface area contributed by atoms with Crippen LogP contribution in [0.25, 0.3) is 0 Å². The summed E-state index contributed by atoms with van der Waals surface area (Å²) < 4.78 is 39.2. The molecule has 90 valence electrons. The van der Waals surface area contributed by atoms with Crippen LogP contribution in [-0.4, -0.2) is 25.5 Å². The number of nitrogens with zero attached hydrogens (tertiary/aromatic N) is 3. The van der Waals surface area contributed by atoms with Crippen molar-refractivity contribution in [2.45, 2.75) is 12.7 Å². The van der Waals surface area contributed by atoms with Gasteiger partial charge in [-0.3, -0.25) is 4.57 Å². The molecule has 0 aromatic carbocycles. The fraction of sp³-hybridized carbons (Fsp3) is 0.571. The quantitative estimate of drug-likeness (QED) is 0.774. The first-order chi connectivity index (χ1) is 7.23. The topological polar surface area (TPSA) is 65.8 Å². The molecule has 0 saturated heterocycles. The Balaban J connectivity index is 2.98. The zero-order chi connectivity index (χ0) is 12.5. The van der Waals surface area contributed by atoms with Gasteiger partial charge in [-0.2, -0.15) is 18.3 Å². The zero-order valence-corrected chi connectivity index (χ0v) is 9.05. The molecule has 1 aromatic rings. The molecule has 0 bridgehead atoms. The first-order valence-corrected chi connectivity index (χ1v) is 4.58. The van der Waals surface area contributed by atoms with Crippen LogP contribution in [0.5, 0.6) is 0 Å². The number of hydrogen-bond donors (Lipinski definition) is 1. The second-order valence-corrected chi connectivity index (χ2v) is 3.67. The van der Waals surface area contributed by atoms with Gasteiger partial charge in [-0.25, -0.2) is 9.48 Å². The van der Waals surface area contributed by atoms with Crippen molar-refractivity contribution in [2.75, 3.05) is 0 Å². The molecule has 16 heavy (non-hydrogen) atoms. The molecule has 1 heterocycles. The summed E-state index contributed by atoms with van der Waals surface area (Å²) in [4.78, 5) is 10.6. The minimum atomic E-state index is -4.58. The van der Waals surface area contributed by atoms with Gasteiger partial charge in [0.15, 0.2) is 0 Å². The van der Waals surface area contributed by atoms with E-state index in [2.05, 4.69) is 17.3 Å². The van der Waals surface area contributed by atoms with Crippen LogP contribution >= 0.6 is 12.2 Å². The maximum absolute atomic E-state index is 12.5. The van der Waals surface area contributed by atoms with Crippen LogP contribution in [0.3, 0.4) is 0 Å². The van der Waals surface area contributed by atoms with Gasteiger partial charge < -0.3 is 5.73 Å². The average molecular weight is 254 g/mol. The Morgan fingerprint density at radius 3 is 2.56 bits per heavy atom. The number of aryl methyl sites for hydroxylation is 1. The molecule has 0 radical (unpaired) electrons. The summed E-state index contributed by atoms with van der Waals surface area (Å²) in [6.07, 6.45) is -3.46. The number of thiocarbonyl (C=S) groups is 1. The third-order valence-electron chi connectivity index (χ3n) is 1.98. The van der Waals surface area contributed by atoms with Gasteiger partial charge in [-0.15, -0.1) is 0 Å². The fourth-order valence-corrected chi connectivity index (χ4v) is 1.28. The standard InChI is InChI=1S/C7H9F3N4OS/c1-13-3-12-14(6(13)15)2-4(5(11)16)7(8,9)10/h3-4H,2H2,1H3,(H2,11,16). The number of nitrogens with two attached hydrogens (primary N) is 1. The maximum Gasteiger partial charge on any atom is 0.399 e. The predicted octanol–water partition coefficient (Wildman–Crippen LogP) is 0.0464. The van der Waals surface area contributed by atoms with Crippen LogP contribution < -0.4 is 11.4 Å². The molecule has 1 atom stereocenters. The Bertz CT molecular complexity index is 449. The van der Waals surface area contributed by atoms with Crippen LogP contribution in [-0.2, 0) is 13.6 Å². The van der Waals surface area contributed by atoms with E-state index in [1.807, 2.05) is 0 Å². The van der Waals surface area contributed by atoms with Crippen molar-refractivity contribution >= 4 is 17.2 Å². The molecular weight excluding hydrogens is 245 g/mol. The summed E-state index contributed by atoms with van der Waals surface area (Å²) >= 11 is 4.32. The summed E-state index contributed by atoms with van der Waals surface area (Å²) in [6, 6.07) is 0. The van der Waals surface area contributed by atoms with Gasteiger partial charge in [0.1, 0.15) is 12.2 Å². The van der Waals surface area contributed by atoms with E-state index in [0.717, 1.165) is 10.9 Å². The molecule has 2 N–H and O–H groups in total. The lowest BCUT2D eigenvalue weighted by Crippen LogP contribution is -2.40. The Morgan fingerprint density at radius 1 is 1.69 bits per heavy atom. The monoisotopic (exact) mass is 254 g/mol. The summed E-state index contributed by atoms with van der Waals surface area (Å²) in [5, 5.41) is 3.50. The molecule has 0 spiro atoms. The van der Waals surface area contributed by atoms with Gasteiger partial charge in [0.2, 0.25) is 0 Å². The molecule has 1 unspecified atom stereocenters. The summed E-state index contributed by atoms with van der Waals surface area (Å²) in [7, 11) is 1.38. The van der Waals surface area contributed by atoms with Gasteiger partial charge in [-0.1, -0.05) is 12.2 Å². The van der Waals surface area contributed by atoms with Gasteiger partial charge in [0.05, 0.1) is 11.5 Å². The fourth-order valence-electron chi connectivity index (χ4n) is 1.07. The third kappa shape index (κ3) is 2.60. The van der Waals surface area contributed by atoms with E-state index in [4.69, 9.17) is 5.73 Å². The molecule has 0 saturated carbocycles. The van der Waals surface area contributed by atoms with E-state index in [1.165, 1.54) is 7.05 Å². The van der Waals surface area contributed by atoms with Crippen molar-refractivity contribution < 1.29 is 13.2 Å². The number of hydrogen-bond acceptors (Lipinski definition) is 3. The van der Waals surface area contributed by atoms with Gasteiger partial charge >= 0.3 is 11.9 Å². The first kappa shape index (κ1) is 12.7. The molecule has 0 fully saturated rings. The normalized spacial score (nSPS) is 13.8. The summed E-state index contributed by atoms with van der Waals surface area (Å²) in [5.74, 6) is -2.05. The third-order valence-corrected chi connectivity index (χ3v) is 2.27. The van der Waals surface area contributed by atoms with Crippen LogP contribution in [0, 0.1) is 5.92 Å². The molecule has 0 aliphatic heterocycles. The zero-order valence-electron chi connectivity index (χ0n) is 8.23. The molecule has 0 aliphatic rings. The molecule has 0 amide bonds. The van der Waals surface area contributed by atoms with Crippen LogP contribution in [0.4, 0.5) is 13.2 Å². The minimum absolute atomic E-state index is 0.648. The molecule has 1 aromatic heterocycles. The van der Waals surface area contributed by atoms with Crippen LogP contribution in [0.15, 0.2) is 11.1 Å². The van der Waals surface area contributed by atoms with Crippen molar-refractivity contribution in [3.05, 3.63) is 16.8 Å². The van der Waals surface area contributed by atoms with E-state index in [-0.39, 0.29) is 0 Å². The highest BCUT2D eigenvalue weighted by atomic mass is 32.1. The van der Waals surface area contributed by atoms with E-state index in [0.29, 0.717) is 4.68 Å². The van der Waals surface area contributed by atoms with E-state index in [9.17, 15) is 18.0 Å². The van der Waals surface area contributed by atoms with Crippen molar-refractivity contribution in [1.82, 2.24) is 14.3 Å². The van der Waals surface area contributed by atoms with E-state index >= 15 is 0 Å². The maximum atomic E-state index is 12.5. The Labute approximate surface area is 93.6 Å². The first-order valence-electron chi connectivity index (χ1n) is 4.18. The lowest BCUT2D eigenvalue weighted by molar-refractivity contribution is -0.158. The molecule has 1 rings (SSSR count). The Hall–Kier alpha value is -1.38. The largest absolute Gasteiger partial charge is 0.399 e. The number of alkyl halides is 3. The van der Waals surface area contributed by atoms with Crippen molar-refractivity contribution in [2.24, 2.45) is 18.7 Å². The minimum Gasteiger partial charge on any atom is -0.393 e. The van der Waals surface area contributed by atoms with Gasteiger partial charge in [0.25, 0.3) is 0 Å². The molecule has 0 aliphatic carbocycles. The number of halogens is 3. The highest BCUT2D eigenvalue weighted by molar-refractivity contribution is 7.80. The number of rotatable bonds is 3. The molecular formula is C7H9F3N4OS. The lowest BCUT2D eigenvalue weighted by atomic mass is 10.1. The van der Waals surface area contributed by atoms with Gasteiger partial charge in [-0.05, 0) is 0 Å². The lowest BCUT2D eigenvalue weighted by Gasteiger charge is -2.17.